The molecule has 0 amide bonds. The van der Waals surface area contributed by atoms with E-state index < -0.39 is 11.9 Å². The van der Waals surface area contributed by atoms with Gasteiger partial charge in [0.05, 0.1) is 5.92 Å². The van der Waals surface area contributed by atoms with E-state index in [4.69, 9.17) is 5.11 Å². The number of halogens is 1. The highest BCUT2D eigenvalue weighted by molar-refractivity contribution is 5.76. The molecule has 5 heteroatoms. The number of carboxylic acids is 1. The first kappa shape index (κ1) is 14.1. The van der Waals surface area contributed by atoms with Crippen LogP contribution in [0.3, 0.4) is 0 Å². The third-order valence-electron chi connectivity index (χ3n) is 3.21. The van der Waals surface area contributed by atoms with Crippen molar-refractivity contribution in [3.63, 3.8) is 0 Å². The second-order valence-corrected chi connectivity index (χ2v) is 4.70. The van der Waals surface area contributed by atoms with E-state index in [0.717, 1.165) is 0 Å². The number of aliphatic carboxylic acids is 1. The molecule has 1 heterocycles. The Balaban J connectivity index is 2.53. The normalized spacial score (nSPS) is 12.2. The fourth-order valence-electron chi connectivity index (χ4n) is 2.23. The minimum absolute atomic E-state index is 0.357. The lowest BCUT2D eigenvalue weighted by molar-refractivity contribution is -0.138. The Morgan fingerprint density at radius 2 is 1.85 bits per heavy atom. The molecule has 2 aromatic rings. The molecular formula is C15H15FN2O2. The quantitative estimate of drug-likeness (QED) is 0.934. The summed E-state index contributed by atoms with van der Waals surface area (Å²) < 4.78 is 13.2. The lowest BCUT2D eigenvalue weighted by Crippen LogP contribution is -2.13. The van der Waals surface area contributed by atoms with Crippen molar-refractivity contribution in [3.8, 4) is 11.4 Å². The maximum Gasteiger partial charge on any atom is 0.310 e. The van der Waals surface area contributed by atoms with Gasteiger partial charge in [0.1, 0.15) is 5.82 Å². The molecule has 104 valence electrons. The van der Waals surface area contributed by atoms with E-state index in [-0.39, 0.29) is 5.82 Å². The van der Waals surface area contributed by atoms with Crippen molar-refractivity contribution in [3.05, 3.63) is 47.0 Å². The van der Waals surface area contributed by atoms with E-state index >= 15 is 0 Å². The fraction of sp³-hybridized carbons (Fsp3) is 0.267. The molecule has 1 unspecified atom stereocenters. The summed E-state index contributed by atoms with van der Waals surface area (Å²) in [4.78, 5) is 19.7. The van der Waals surface area contributed by atoms with Gasteiger partial charge >= 0.3 is 5.97 Å². The van der Waals surface area contributed by atoms with Gasteiger partial charge in [0.25, 0.3) is 0 Å². The van der Waals surface area contributed by atoms with Gasteiger partial charge in [0.15, 0.2) is 5.82 Å². The number of benzene rings is 1. The van der Waals surface area contributed by atoms with Crippen LogP contribution in [0.2, 0.25) is 0 Å². The van der Waals surface area contributed by atoms with Crippen molar-refractivity contribution < 1.29 is 14.3 Å². The zero-order valence-electron chi connectivity index (χ0n) is 11.5. The van der Waals surface area contributed by atoms with Gasteiger partial charge in [-0.3, -0.25) is 4.79 Å². The molecule has 0 radical (unpaired) electrons. The van der Waals surface area contributed by atoms with Crippen LogP contribution in [0, 0.1) is 19.7 Å². The molecular weight excluding hydrogens is 259 g/mol. The molecule has 0 saturated heterocycles. The zero-order valence-corrected chi connectivity index (χ0v) is 11.5. The summed E-state index contributed by atoms with van der Waals surface area (Å²) in [6, 6.07) is 6.02. The van der Waals surface area contributed by atoms with E-state index in [9.17, 15) is 9.18 Å². The van der Waals surface area contributed by atoms with Crippen molar-refractivity contribution in [1.82, 2.24) is 9.97 Å². The Kier molecular flexibility index (Phi) is 3.79. The lowest BCUT2D eigenvalue weighted by atomic mass is 9.98. The van der Waals surface area contributed by atoms with Gasteiger partial charge in [-0.05, 0) is 32.9 Å². The largest absolute Gasteiger partial charge is 0.481 e. The summed E-state index contributed by atoms with van der Waals surface area (Å²) in [7, 11) is 0. The molecule has 0 aliphatic heterocycles. The molecule has 1 aromatic carbocycles. The van der Waals surface area contributed by atoms with Crippen LogP contribution in [0.4, 0.5) is 4.39 Å². The Morgan fingerprint density at radius 1 is 1.25 bits per heavy atom. The second-order valence-electron chi connectivity index (χ2n) is 4.70. The Hall–Kier alpha value is -2.30. The first-order valence-electron chi connectivity index (χ1n) is 6.24. The van der Waals surface area contributed by atoms with E-state index in [1.807, 2.05) is 0 Å². The number of aryl methyl sites for hydroxylation is 2. The number of rotatable bonds is 3. The van der Waals surface area contributed by atoms with Crippen LogP contribution in [-0.2, 0) is 4.79 Å². The first-order valence-corrected chi connectivity index (χ1v) is 6.24. The molecule has 0 aliphatic carbocycles. The second kappa shape index (κ2) is 5.36. The van der Waals surface area contributed by atoms with Crippen molar-refractivity contribution in [2.45, 2.75) is 26.7 Å². The molecule has 2 rings (SSSR count). The third kappa shape index (κ3) is 2.66. The van der Waals surface area contributed by atoms with Gasteiger partial charge in [-0.25, -0.2) is 14.4 Å². The van der Waals surface area contributed by atoms with E-state index in [1.165, 1.54) is 12.1 Å². The summed E-state index contributed by atoms with van der Waals surface area (Å²) >= 11 is 0. The van der Waals surface area contributed by atoms with Gasteiger partial charge < -0.3 is 5.11 Å². The van der Waals surface area contributed by atoms with Crippen LogP contribution < -0.4 is 0 Å². The van der Waals surface area contributed by atoms with Gasteiger partial charge in [0.2, 0.25) is 0 Å². The summed E-state index contributed by atoms with van der Waals surface area (Å²) in [6.07, 6.45) is 0. The highest BCUT2D eigenvalue weighted by Crippen LogP contribution is 2.25. The Morgan fingerprint density at radius 3 is 2.35 bits per heavy atom. The Labute approximate surface area is 116 Å². The van der Waals surface area contributed by atoms with Crippen LogP contribution in [0.5, 0.6) is 0 Å². The minimum Gasteiger partial charge on any atom is -0.481 e. The zero-order chi connectivity index (χ0) is 14.9. The predicted molar refractivity (Wildman–Crippen MR) is 73.0 cm³/mol. The molecule has 1 atom stereocenters. The SMILES string of the molecule is Cc1nc(-c2cccc(F)c2)nc(C)c1C(C)C(=O)O. The maximum atomic E-state index is 13.2. The van der Waals surface area contributed by atoms with Crippen molar-refractivity contribution in [2.75, 3.05) is 0 Å². The summed E-state index contributed by atoms with van der Waals surface area (Å²) in [6.45, 7) is 5.08. The standard InChI is InChI=1S/C15H15FN2O2/c1-8(15(19)20)13-9(2)17-14(18-10(13)3)11-5-4-6-12(16)7-11/h4-8H,1-3H3,(H,19,20). The molecule has 0 bridgehead atoms. The topological polar surface area (TPSA) is 63.1 Å². The van der Waals surface area contributed by atoms with E-state index in [2.05, 4.69) is 9.97 Å². The molecule has 1 N–H and O–H groups in total. The third-order valence-corrected chi connectivity index (χ3v) is 3.21. The lowest BCUT2D eigenvalue weighted by Gasteiger charge is -2.14. The van der Waals surface area contributed by atoms with Crippen LogP contribution >= 0.6 is 0 Å². The van der Waals surface area contributed by atoms with Gasteiger partial charge in [-0.15, -0.1) is 0 Å². The van der Waals surface area contributed by atoms with Gasteiger partial charge in [-0.2, -0.15) is 0 Å². The molecule has 20 heavy (non-hydrogen) atoms. The van der Waals surface area contributed by atoms with Crippen LogP contribution in [0.15, 0.2) is 24.3 Å². The maximum absolute atomic E-state index is 13.2. The van der Waals surface area contributed by atoms with Crippen molar-refractivity contribution >= 4 is 5.97 Å². The van der Waals surface area contributed by atoms with Crippen molar-refractivity contribution in [2.24, 2.45) is 0 Å². The molecule has 0 fully saturated rings. The minimum atomic E-state index is -0.918. The number of aromatic nitrogens is 2. The molecule has 1 aromatic heterocycles. The Bertz CT molecular complexity index is 648. The van der Waals surface area contributed by atoms with E-state index in [1.54, 1.807) is 32.9 Å². The number of carbonyl (C=O) groups is 1. The molecule has 0 saturated carbocycles. The van der Waals surface area contributed by atoms with Crippen LogP contribution in [-0.4, -0.2) is 21.0 Å². The van der Waals surface area contributed by atoms with Gasteiger partial charge in [-0.1, -0.05) is 12.1 Å². The van der Waals surface area contributed by atoms with E-state index in [0.29, 0.717) is 28.3 Å². The number of hydrogen-bond acceptors (Lipinski definition) is 3. The summed E-state index contributed by atoms with van der Waals surface area (Å²) in [5, 5.41) is 9.10. The van der Waals surface area contributed by atoms with Crippen LogP contribution in [0.1, 0.15) is 29.8 Å². The molecule has 4 nitrogen and oxygen atoms in total. The predicted octanol–water partition coefficient (Wildman–Crippen LogP) is 3.09. The summed E-state index contributed by atoms with van der Waals surface area (Å²) in [5.41, 5.74) is 2.39. The smallest absolute Gasteiger partial charge is 0.310 e. The highest BCUT2D eigenvalue weighted by Gasteiger charge is 2.21. The van der Waals surface area contributed by atoms with Gasteiger partial charge in [0, 0.05) is 22.5 Å². The molecule has 0 aliphatic rings. The van der Waals surface area contributed by atoms with Crippen molar-refractivity contribution in [1.29, 1.82) is 0 Å². The average Bonchev–Trinajstić information content (AvgIpc) is 2.37. The summed E-state index contributed by atoms with van der Waals surface area (Å²) in [5.74, 6) is -1.54. The number of nitrogens with zero attached hydrogens (tertiary/aromatic N) is 2. The molecule has 0 spiro atoms. The average molecular weight is 274 g/mol. The number of carboxylic acid groups (broad SMARTS) is 1. The van der Waals surface area contributed by atoms with Crippen LogP contribution in [0.25, 0.3) is 11.4 Å². The fourth-order valence-corrected chi connectivity index (χ4v) is 2.23. The monoisotopic (exact) mass is 274 g/mol. The number of hydrogen-bond donors (Lipinski definition) is 1. The first-order chi connectivity index (χ1) is 9.40. The highest BCUT2D eigenvalue weighted by atomic mass is 19.1.